The van der Waals surface area contributed by atoms with Crippen LogP contribution in [0.3, 0.4) is 0 Å². The Morgan fingerprint density at radius 1 is 1.00 bits per heavy atom. The SMILES string of the molecule is Cc1cccc(C)c1OCCCNCc1ccc(O)cc1. The first-order valence-corrected chi connectivity index (χ1v) is 7.34. The molecule has 0 aliphatic rings. The molecule has 0 aromatic heterocycles. The summed E-state index contributed by atoms with van der Waals surface area (Å²) in [4.78, 5) is 0. The van der Waals surface area contributed by atoms with Gasteiger partial charge in [0.2, 0.25) is 0 Å². The Morgan fingerprint density at radius 3 is 2.33 bits per heavy atom. The van der Waals surface area contributed by atoms with Crippen molar-refractivity contribution >= 4 is 0 Å². The number of para-hydroxylation sites is 1. The van der Waals surface area contributed by atoms with E-state index in [4.69, 9.17) is 4.74 Å². The molecule has 2 aromatic carbocycles. The van der Waals surface area contributed by atoms with Crippen molar-refractivity contribution in [2.45, 2.75) is 26.8 Å². The number of rotatable bonds is 7. The highest BCUT2D eigenvalue weighted by atomic mass is 16.5. The first kappa shape index (κ1) is 15.4. The van der Waals surface area contributed by atoms with Gasteiger partial charge in [-0.3, -0.25) is 0 Å². The summed E-state index contributed by atoms with van der Waals surface area (Å²) >= 11 is 0. The smallest absolute Gasteiger partial charge is 0.125 e. The van der Waals surface area contributed by atoms with Crippen LogP contribution in [0.5, 0.6) is 11.5 Å². The van der Waals surface area contributed by atoms with Crippen LogP contribution >= 0.6 is 0 Å². The molecular formula is C18H23NO2. The minimum atomic E-state index is 0.306. The Bertz CT molecular complexity index is 544. The maximum absolute atomic E-state index is 9.21. The maximum Gasteiger partial charge on any atom is 0.125 e. The number of ether oxygens (including phenoxy) is 1. The van der Waals surface area contributed by atoms with Crippen molar-refractivity contribution in [1.29, 1.82) is 0 Å². The third kappa shape index (κ3) is 4.80. The van der Waals surface area contributed by atoms with E-state index in [0.29, 0.717) is 12.4 Å². The van der Waals surface area contributed by atoms with E-state index in [1.165, 1.54) is 16.7 Å². The molecule has 0 saturated heterocycles. The Balaban J connectivity index is 1.65. The molecule has 0 bridgehead atoms. The van der Waals surface area contributed by atoms with Gasteiger partial charge in [0.15, 0.2) is 0 Å². The molecule has 0 spiro atoms. The Hall–Kier alpha value is -2.00. The summed E-state index contributed by atoms with van der Waals surface area (Å²) in [6.07, 6.45) is 0.964. The minimum absolute atomic E-state index is 0.306. The summed E-state index contributed by atoms with van der Waals surface area (Å²) in [5.41, 5.74) is 3.54. The average Bonchev–Trinajstić information content (AvgIpc) is 2.47. The van der Waals surface area contributed by atoms with E-state index < -0.39 is 0 Å². The zero-order valence-corrected chi connectivity index (χ0v) is 12.7. The predicted octanol–water partition coefficient (Wildman–Crippen LogP) is 3.57. The van der Waals surface area contributed by atoms with E-state index in [0.717, 1.165) is 25.3 Å². The van der Waals surface area contributed by atoms with Gasteiger partial charge in [-0.1, -0.05) is 30.3 Å². The van der Waals surface area contributed by atoms with Crippen molar-refractivity contribution in [2.75, 3.05) is 13.2 Å². The van der Waals surface area contributed by atoms with Crippen LogP contribution in [0.2, 0.25) is 0 Å². The third-order valence-corrected chi connectivity index (χ3v) is 3.42. The molecule has 0 aliphatic heterocycles. The van der Waals surface area contributed by atoms with E-state index in [1.54, 1.807) is 12.1 Å². The van der Waals surface area contributed by atoms with Crippen molar-refractivity contribution in [3.8, 4) is 11.5 Å². The molecule has 0 atom stereocenters. The fourth-order valence-corrected chi connectivity index (χ4v) is 2.24. The number of aryl methyl sites for hydroxylation is 2. The van der Waals surface area contributed by atoms with Gasteiger partial charge in [0.25, 0.3) is 0 Å². The monoisotopic (exact) mass is 285 g/mol. The fraction of sp³-hybridized carbons (Fsp3) is 0.333. The molecular weight excluding hydrogens is 262 g/mol. The van der Waals surface area contributed by atoms with Crippen molar-refractivity contribution in [1.82, 2.24) is 5.32 Å². The van der Waals surface area contributed by atoms with Gasteiger partial charge in [-0.05, 0) is 55.6 Å². The first-order valence-electron chi connectivity index (χ1n) is 7.34. The molecule has 2 rings (SSSR count). The van der Waals surface area contributed by atoms with E-state index in [-0.39, 0.29) is 0 Å². The second kappa shape index (κ2) is 7.70. The van der Waals surface area contributed by atoms with E-state index in [2.05, 4.69) is 37.4 Å². The summed E-state index contributed by atoms with van der Waals surface area (Å²) in [6.45, 7) is 6.58. The van der Waals surface area contributed by atoms with Crippen LogP contribution in [-0.2, 0) is 6.54 Å². The molecule has 0 fully saturated rings. The number of aromatic hydroxyl groups is 1. The summed E-state index contributed by atoms with van der Waals surface area (Å²) in [6, 6.07) is 13.5. The molecule has 0 radical (unpaired) electrons. The number of phenols is 1. The Kier molecular flexibility index (Phi) is 5.64. The summed E-state index contributed by atoms with van der Waals surface area (Å²) < 4.78 is 5.86. The molecule has 21 heavy (non-hydrogen) atoms. The third-order valence-electron chi connectivity index (χ3n) is 3.42. The Labute approximate surface area is 126 Å². The molecule has 0 amide bonds. The summed E-state index contributed by atoms with van der Waals surface area (Å²) in [7, 11) is 0. The highest BCUT2D eigenvalue weighted by molar-refractivity contribution is 5.39. The zero-order chi connectivity index (χ0) is 15.1. The molecule has 0 heterocycles. The molecule has 2 N–H and O–H groups in total. The quantitative estimate of drug-likeness (QED) is 0.764. The number of hydrogen-bond acceptors (Lipinski definition) is 3. The lowest BCUT2D eigenvalue weighted by molar-refractivity contribution is 0.304. The molecule has 0 aliphatic carbocycles. The molecule has 3 nitrogen and oxygen atoms in total. The molecule has 0 saturated carbocycles. The van der Waals surface area contributed by atoms with Crippen molar-refractivity contribution in [2.24, 2.45) is 0 Å². The predicted molar refractivity (Wildman–Crippen MR) is 85.8 cm³/mol. The van der Waals surface area contributed by atoms with Crippen LogP contribution in [0.15, 0.2) is 42.5 Å². The standard InChI is InChI=1S/C18H23NO2/c1-14-5-3-6-15(2)18(14)21-12-4-11-19-13-16-7-9-17(20)10-8-16/h3,5-10,19-20H,4,11-13H2,1-2H3. The largest absolute Gasteiger partial charge is 0.508 e. The van der Waals surface area contributed by atoms with Crippen LogP contribution in [0, 0.1) is 13.8 Å². The van der Waals surface area contributed by atoms with Gasteiger partial charge in [-0.15, -0.1) is 0 Å². The lowest BCUT2D eigenvalue weighted by Gasteiger charge is -2.12. The molecule has 0 unspecified atom stereocenters. The molecule has 2 aromatic rings. The van der Waals surface area contributed by atoms with Gasteiger partial charge in [-0.25, -0.2) is 0 Å². The van der Waals surface area contributed by atoms with Crippen LogP contribution in [0.1, 0.15) is 23.1 Å². The van der Waals surface area contributed by atoms with E-state index >= 15 is 0 Å². The van der Waals surface area contributed by atoms with Gasteiger partial charge in [0.05, 0.1) is 6.61 Å². The number of nitrogens with one attached hydrogen (secondary N) is 1. The van der Waals surface area contributed by atoms with Crippen LogP contribution < -0.4 is 10.1 Å². The van der Waals surface area contributed by atoms with Gasteiger partial charge >= 0.3 is 0 Å². The second-order valence-electron chi connectivity index (χ2n) is 5.27. The van der Waals surface area contributed by atoms with Crippen molar-refractivity contribution < 1.29 is 9.84 Å². The van der Waals surface area contributed by atoms with E-state index in [9.17, 15) is 5.11 Å². The molecule has 112 valence electrons. The topological polar surface area (TPSA) is 41.5 Å². The zero-order valence-electron chi connectivity index (χ0n) is 12.7. The Morgan fingerprint density at radius 2 is 1.67 bits per heavy atom. The van der Waals surface area contributed by atoms with Gasteiger partial charge < -0.3 is 15.2 Å². The minimum Gasteiger partial charge on any atom is -0.508 e. The average molecular weight is 285 g/mol. The van der Waals surface area contributed by atoms with Gasteiger partial charge in [0.1, 0.15) is 11.5 Å². The fourth-order valence-electron chi connectivity index (χ4n) is 2.24. The van der Waals surface area contributed by atoms with E-state index in [1.807, 2.05) is 12.1 Å². The maximum atomic E-state index is 9.21. The summed E-state index contributed by atoms with van der Waals surface area (Å²) in [5, 5.41) is 12.6. The van der Waals surface area contributed by atoms with Crippen LogP contribution in [0.25, 0.3) is 0 Å². The number of benzene rings is 2. The highest BCUT2D eigenvalue weighted by Gasteiger charge is 2.02. The normalized spacial score (nSPS) is 10.6. The summed E-state index contributed by atoms with van der Waals surface area (Å²) in [5.74, 6) is 1.32. The number of hydrogen-bond donors (Lipinski definition) is 2. The van der Waals surface area contributed by atoms with Crippen molar-refractivity contribution in [3.63, 3.8) is 0 Å². The molecule has 3 heteroatoms. The van der Waals surface area contributed by atoms with Gasteiger partial charge in [-0.2, -0.15) is 0 Å². The lowest BCUT2D eigenvalue weighted by atomic mass is 10.1. The van der Waals surface area contributed by atoms with Crippen LogP contribution in [0.4, 0.5) is 0 Å². The number of phenolic OH excluding ortho intramolecular Hbond substituents is 1. The second-order valence-corrected chi connectivity index (χ2v) is 5.27. The van der Waals surface area contributed by atoms with Gasteiger partial charge in [0, 0.05) is 6.54 Å². The lowest BCUT2D eigenvalue weighted by Crippen LogP contribution is -2.17. The first-order chi connectivity index (χ1) is 10.2. The van der Waals surface area contributed by atoms with Crippen LogP contribution in [-0.4, -0.2) is 18.3 Å². The van der Waals surface area contributed by atoms with Crippen molar-refractivity contribution in [3.05, 3.63) is 59.2 Å². The highest BCUT2D eigenvalue weighted by Crippen LogP contribution is 2.22.